The van der Waals surface area contributed by atoms with Crippen LogP contribution >= 0.6 is 0 Å². The van der Waals surface area contributed by atoms with E-state index < -0.39 is 0 Å². The fourth-order valence-electron chi connectivity index (χ4n) is 1.97. The quantitative estimate of drug-likeness (QED) is 0.767. The average molecular weight is 193 g/mol. The van der Waals surface area contributed by atoms with Crippen LogP contribution in [0, 0.1) is 18.7 Å². The van der Waals surface area contributed by atoms with Crippen LogP contribution in [-0.2, 0) is 0 Å². The van der Waals surface area contributed by atoms with Gasteiger partial charge in [-0.3, -0.25) is 0 Å². The molecule has 0 saturated heterocycles. The minimum absolute atomic E-state index is 0.108. The Labute approximate surface area is 84.1 Å². The van der Waals surface area contributed by atoms with Crippen molar-refractivity contribution in [2.45, 2.75) is 32.2 Å². The van der Waals surface area contributed by atoms with E-state index in [1.807, 2.05) is 13.0 Å². The number of benzene rings is 1. The number of halogens is 1. The van der Waals surface area contributed by atoms with Crippen LogP contribution in [0.3, 0.4) is 0 Å². The van der Waals surface area contributed by atoms with Gasteiger partial charge in [-0.05, 0) is 31.7 Å². The van der Waals surface area contributed by atoms with E-state index in [4.69, 9.17) is 5.73 Å². The molecule has 1 aromatic carbocycles. The van der Waals surface area contributed by atoms with Crippen molar-refractivity contribution in [3.63, 3.8) is 0 Å². The first-order valence-corrected chi connectivity index (χ1v) is 5.20. The number of hydrogen-bond acceptors (Lipinski definition) is 1. The number of rotatable bonds is 2. The molecule has 0 heterocycles. The highest BCUT2D eigenvalue weighted by atomic mass is 19.1. The zero-order chi connectivity index (χ0) is 10.1. The van der Waals surface area contributed by atoms with Gasteiger partial charge in [0.25, 0.3) is 0 Å². The molecule has 1 saturated carbocycles. The third-order valence-corrected chi connectivity index (χ3v) is 3.17. The highest BCUT2D eigenvalue weighted by Crippen LogP contribution is 2.37. The second-order valence-electron chi connectivity index (χ2n) is 4.24. The summed E-state index contributed by atoms with van der Waals surface area (Å²) in [5.74, 6) is 0.335. The molecule has 2 heteroatoms. The molecule has 0 aromatic heterocycles. The zero-order valence-corrected chi connectivity index (χ0v) is 8.46. The van der Waals surface area contributed by atoms with Gasteiger partial charge in [0.1, 0.15) is 5.82 Å². The molecule has 0 bridgehead atoms. The van der Waals surface area contributed by atoms with Gasteiger partial charge in [0.2, 0.25) is 0 Å². The Balaban J connectivity index is 2.24. The molecule has 0 amide bonds. The van der Waals surface area contributed by atoms with Gasteiger partial charge in [-0.1, -0.05) is 24.1 Å². The van der Waals surface area contributed by atoms with E-state index in [9.17, 15) is 4.39 Å². The summed E-state index contributed by atoms with van der Waals surface area (Å²) in [4.78, 5) is 0. The molecule has 0 spiro atoms. The molecule has 1 aliphatic rings. The summed E-state index contributed by atoms with van der Waals surface area (Å²) in [5, 5.41) is 0. The Morgan fingerprint density at radius 2 is 2.14 bits per heavy atom. The Morgan fingerprint density at radius 3 is 2.71 bits per heavy atom. The number of aryl methyl sites for hydroxylation is 1. The predicted octanol–water partition coefficient (Wildman–Crippen LogP) is 2.93. The molecule has 1 atom stereocenters. The zero-order valence-electron chi connectivity index (χ0n) is 8.46. The summed E-state index contributed by atoms with van der Waals surface area (Å²) in [5.41, 5.74) is 7.80. The molecule has 2 rings (SSSR count). The lowest BCUT2D eigenvalue weighted by atomic mass is 9.77. The summed E-state index contributed by atoms with van der Waals surface area (Å²) in [6.45, 7) is 1.97. The van der Waals surface area contributed by atoms with Gasteiger partial charge in [0.15, 0.2) is 0 Å². The Kier molecular flexibility index (Phi) is 2.55. The SMILES string of the molecule is Cc1ccc(F)c([C@@H](N)C2CCC2)c1. The molecule has 76 valence electrons. The minimum Gasteiger partial charge on any atom is -0.324 e. The van der Waals surface area contributed by atoms with Gasteiger partial charge in [-0.15, -0.1) is 0 Å². The van der Waals surface area contributed by atoms with Gasteiger partial charge >= 0.3 is 0 Å². The molecule has 0 aliphatic heterocycles. The summed E-state index contributed by atoms with van der Waals surface area (Å²) >= 11 is 0. The van der Waals surface area contributed by atoms with Crippen LogP contribution in [0.4, 0.5) is 4.39 Å². The third kappa shape index (κ3) is 1.67. The van der Waals surface area contributed by atoms with Crippen molar-refractivity contribution in [2.75, 3.05) is 0 Å². The van der Waals surface area contributed by atoms with E-state index in [0.29, 0.717) is 11.5 Å². The predicted molar refractivity (Wildman–Crippen MR) is 55.4 cm³/mol. The van der Waals surface area contributed by atoms with E-state index in [-0.39, 0.29) is 11.9 Å². The van der Waals surface area contributed by atoms with Crippen molar-refractivity contribution >= 4 is 0 Å². The Morgan fingerprint density at radius 1 is 1.43 bits per heavy atom. The van der Waals surface area contributed by atoms with Crippen LogP contribution < -0.4 is 5.73 Å². The number of nitrogens with two attached hydrogens (primary N) is 1. The van der Waals surface area contributed by atoms with Crippen LogP contribution in [0.1, 0.15) is 36.4 Å². The normalized spacial score (nSPS) is 19.1. The smallest absolute Gasteiger partial charge is 0.127 e. The molecule has 0 unspecified atom stereocenters. The first-order valence-electron chi connectivity index (χ1n) is 5.20. The first kappa shape index (κ1) is 9.66. The highest BCUT2D eigenvalue weighted by Gasteiger charge is 2.27. The monoisotopic (exact) mass is 193 g/mol. The molecular formula is C12H16FN. The molecule has 1 aliphatic carbocycles. The summed E-state index contributed by atoms with van der Waals surface area (Å²) in [7, 11) is 0. The van der Waals surface area contributed by atoms with Crippen LogP contribution in [0.2, 0.25) is 0 Å². The van der Waals surface area contributed by atoms with E-state index in [1.165, 1.54) is 12.5 Å². The van der Waals surface area contributed by atoms with Gasteiger partial charge in [0, 0.05) is 11.6 Å². The van der Waals surface area contributed by atoms with Crippen molar-refractivity contribution in [3.05, 3.63) is 35.1 Å². The van der Waals surface area contributed by atoms with Crippen LogP contribution in [0.5, 0.6) is 0 Å². The van der Waals surface area contributed by atoms with Crippen molar-refractivity contribution < 1.29 is 4.39 Å². The lowest BCUT2D eigenvalue weighted by Gasteiger charge is -2.31. The van der Waals surface area contributed by atoms with E-state index >= 15 is 0 Å². The minimum atomic E-state index is -0.157. The fourth-order valence-corrected chi connectivity index (χ4v) is 1.97. The van der Waals surface area contributed by atoms with Crippen LogP contribution in [-0.4, -0.2) is 0 Å². The standard InChI is InChI=1S/C12H16FN/c1-8-5-6-11(13)10(7-8)12(14)9-3-2-4-9/h5-7,9,12H,2-4,14H2,1H3/t12-/m0/s1. The lowest BCUT2D eigenvalue weighted by Crippen LogP contribution is -2.27. The van der Waals surface area contributed by atoms with Crippen LogP contribution in [0.25, 0.3) is 0 Å². The highest BCUT2D eigenvalue weighted by molar-refractivity contribution is 5.27. The number of hydrogen-bond donors (Lipinski definition) is 1. The second kappa shape index (κ2) is 3.70. The maximum atomic E-state index is 13.5. The van der Waals surface area contributed by atoms with E-state index in [0.717, 1.165) is 18.4 Å². The molecular weight excluding hydrogens is 177 g/mol. The lowest BCUT2D eigenvalue weighted by molar-refractivity contribution is 0.260. The van der Waals surface area contributed by atoms with Crippen molar-refractivity contribution in [2.24, 2.45) is 11.7 Å². The van der Waals surface area contributed by atoms with Gasteiger partial charge in [-0.25, -0.2) is 4.39 Å². The average Bonchev–Trinajstić information content (AvgIpc) is 2.06. The molecule has 1 fully saturated rings. The second-order valence-corrected chi connectivity index (χ2v) is 4.24. The molecule has 0 radical (unpaired) electrons. The summed E-state index contributed by atoms with van der Waals surface area (Å²) < 4.78 is 13.5. The third-order valence-electron chi connectivity index (χ3n) is 3.17. The largest absolute Gasteiger partial charge is 0.324 e. The van der Waals surface area contributed by atoms with Gasteiger partial charge in [-0.2, -0.15) is 0 Å². The maximum absolute atomic E-state index is 13.5. The van der Waals surface area contributed by atoms with Gasteiger partial charge < -0.3 is 5.73 Å². The first-order chi connectivity index (χ1) is 6.68. The molecule has 1 nitrogen and oxygen atoms in total. The topological polar surface area (TPSA) is 26.0 Å². The maximum Gasteiger partial charge on any atom is 0.127 e. The van der Waals surface area contributed by atoms with E-state index in [2.05, 4.69) is 0 Å². The summed E-state index contributed by atoms with van der Waals surface area (Å²) in [6, 6.07) is 5.07. The van der Waals surface area contributed by atoms with E-state index in [1.54, 1.807) is 6.07 Å². The molecule has 2 N–H and O–H groups in total. The summed E-state index contributed by atoms with van der Waals surface area (Å²) in [6.07, 6.45) is 3.54. The Bertz CT molecular complexity index is 331. The molecule has 1 aromatic rings. The Hall–Kier alpha value is -0.890. The van der Waals surface area contributed by atoms with Crippen molar-refractivity contribution in [1.82, 2.24) is 0 Å². The fraction of sp³-hybridized carbons (Fsp3) is 0.500. The van der Waals surface area contributed by atoms with Gasteiger partial charge in [0.05, 0.1) is 0 Å². The molecule has 14 heavy (non-hydrogen) atoms. The van der Waals surface area contributed by atoms with Crippen molar-refractivity contribution in [3.8, 4) is 0 Å². The van der Waals surface area contributed by atoms with Crippen LogP contribution in [0.15, 0.2) is 18.2 Å². The van der Waals surface area contributed by atoms with Crippen molar-refractivity contribution in [1.29, 1.82) is 0 Å².